The van der Waals surface area contributed by atoms with Crippen LogP contribution in [0.1, 0.15) is 51.3 Å². The van der Waals surface area contributed by atoms with Gasteiger partial charge in [-0.2, -0.15) is 4.98 Å². The van der Waals surface area contributed by atoms with Crippen LogP contribution in [0.3, 0.4) is 0 Å². The van der Waals surface area contributed by atoms with Gasteiger partial charge in [0.1, 0.15) is 0 Å². The minimum atomic E-state index is -0.613. The fraction of sp³-hybridized carbons (Fsp3) is 0.500. The van der Waals surface area contributed by atoms with Crippen molar-refractivity contribution in [3.8, 4) is 11.4 Å². The average Bonchev–Trinajstić information content (AvgIpc) is 3.35. The zero-order valence-corrected chi connectivity index (χ0v) is 15.5. The number of hydrogen-bond donors (Lipinski definition) is 1. The second kappa shape index (κ2) is 7.50. The average molecular weight is 368 g/mol. The minimum absolute atomic E-state index is 0.506. The van der Waals surface area contributed by atoms with Crippen molar-refractivity contribution < 1.29 is 4.52 Å². The molecule has 1 aliphatic rings. The standard InChI is InChI=1S/C20H24N4O3/c1-2-11-24-16-9-8-14(12-15(16)21-19(25)20(24)26)18-22-17(27-23-18)10-7-13-5-3-4-6-13/h8-9,12-13H,2-7,10-11H2,1H3,(H,21,25). The summed E-state index contributed by atoms with van der Waals surface area (Å²) in [5.74, 6) is 1.94. The van der Waals surface area contributed by atoms with Gasteiger partial charge in [-0.1, -0.05) is 37.8 Å². The summed E-state index contributed by atoms with van der Waals surface area (Å²) in [5.41, 5.74) is 0.929. The second-order valence-corrected chi connectivity index (χ2v) is 7.34. The summed E-state index contributed by atoms with van der Waals surface area (Å²) in [7, 11) is 0. The van der Waals surface area contributed by atoms with E-state index in [1.807, 2.05) is 19.1 Å². The van der Waals surface area contributed by atoms with Crippen LogP contribution in [0.4, 0.5) is 0 Å². The lowest BCUT2D eigenvalue weighted by Crippen LogP contribution is -2.36. The summed E-state index contributed by atoms with van der Waals surface area (Å²) in [6.45, 7) is 2.48. The van der Waals surface area contributed by atoms with Gasteiger partial charge >= 0.3 is 11.1 Å². The van der Waals surface area contributed by atoms with Crippen LogP contribution in [0, 0.1) is 5.92 Å². The van der Waals surface area contributed by atoms with E-state index >= 15 is 0 Å². The van der Waals surface area contributed by atoms with Gasteiger partial charge in [0.15, 0.2) is 0 Å². The number of fused-ring (bicyclic) bond motifs is 1. The Morgan fingerprint density at radius 2 is 2.07 bits per heavy atom. The van der Waals surface area contributed by atoms with E-state index in [4.69, 9.17) is 4.52 Å². The predicted octanol–water partition coefficient (Wildman–Crippen LogP) is 3.27. The van der Waals surface area contributed by atoms with Gasteiger partial charge in [-0.15, -0.1) is 0 Å². The highest BCUT2D eigenvalue weighted by Crippen LogP contribution is 2.29. The fourth-order valence-electron chi connectivity index (χ4n) is 3.96. The van der Waals surface area contributed by atoms with Crippen LogP contribution in [0.15, 0.2) is 32.3 Å². The van der Waals surface area contributed by atoms with Crippen LogP contribution in [0.2, 0.25) is 0 Å². The lowest BCUT2D eigenvalue weighted by Gasteiger charge is -2.08. The van der Waals surface area contributed by atoms with E-state index in [-0.39, 0.29) is 0 Å². The minimum Gasteiger partial charge on any atom is -0.339 e. The molecule has 3 aromatic rings. The van der Waals surface area contributed by atoms with Crippen LogP contribution in [-0.2, 0) is 13.0 Å². The third-order valence-corrected chi connectivity index (χ3v) is 5.39. The van der Waals surface area contributed by atoms with Crippen molar-refractivity contribution in [3.05, 3.63) is 44.8 Å². The molecule has 0 saturated heterocycles. The Labute approximate surface area is 156 Å². The molecule has 0 aliphatic heterocycles. The lowest BCUT2D eigenvalue weighted by molar-refractivity contribution is 0.362. The normalized spacial score (nSPS) is 15.0. The Kier molecular flexibility index (Phi) is 4.92. The zero-order valence-electron chi connectivity index (χ0n) is 15.5. The molecular formula is C20H24N4O3. The number of hydrogen-bond acceptors (Lipinski definition) is 5. The van der Waals surface area contributed by atoms with E-state index in [1.165, 1.54) is 30.3 Å². The van der Waals surface area contributed by atoms with Crippen molar-refractivity contribution in [3.63, 3.8) is 0 Å². The van der Waals surface area contributed by atoms with Gasteiger partial charge in [0.05, 0.1) is 11.0 Å². The van der Waals surface area contributed by atoms with Gasteiger partial charge in [0.25, 0.3) is 0 Å². The number of aryl methyl sites for hydroxylation is 2. The molecule has 7 nitrogen and oxygen atoms in total. The maximum Gasteiger partial charge on any atom is 0.316 e. The van der Waals surface area contributed by atoms with Gasteiger partial charge in [0.2, 0.25) is 11.7 Å². The molecule has 142 valence electrons. The number of H-pyrrole nitrogens is 1. The van der Waals surface area contributed by atoms with Gasteiger partial charge in [-0.3, -0.25) is 9.59 Å². The number of nitrogens with zero attached hydrogens (tertiary/aromatic N) is 3. The Bertz CT molecular complexity index is 1060. The summed E-state index contributed by atoms with van der Waals surface area (Å²) < 4.78 is 6.92. The molecule has 1 fully saturated rings. The van der Waals surface area contributed by atoms with Gasteiger partial charge in [-0.25, -0.2) is 0 Å². The van der Waals surface area contributed by atoms with Crippen LogP contribution >= 0.6 is 0 Å². The zero-order chi connectivity index (χ0) is 18.8. The molecule has 1 aromatic carbocycles. The molecule has 1 saturated carbocycles. The highest BCUT2D eigenvalue weighted by atomic mass is 16.5. The van der Waals surface area contributed by atoms with E-state index in [1.54, 1.807) is 6.07 Å². The van der Waals surface area contributed by atoms with Crippen LogP contribution < -0.4 is 11.1 Å². The first-order valence-electron chi connectivity index (χ1n) is 9.75. The molecular weight excluding hydrogens is 344 g/mol. The van der Waals surface area contributed by atoms with Crippen LogP contribution in [0.5, 0.6) is 0 Å². The summed E-state index contributed by atoms with van der Waals surface area (Å²) in [5, 5.41) is 4.09. The third-order valence-electron chi connectivity index (χ3n) is 5.39. The topological polar surface area (TPSA) is 93.8 Å². The molecule has 27 heavy (non-hydrogen) atoms. The SMILES string of the molecule is CCCn1c(=O)c(=O)[nH]c2cc(-c3noc(CCC4CCCC4)n3)ccc21. The first-order valence-corrected chi connectivity index (χ1v) is 9.75. The Morgan fingerprint density at radius 1 is 1.26 bits per heavy atom. The second-order valence-electron chi connectivity index (χ2n) is 7.34. The molecule has 1 aliphatic carbocycles. The van der Waals surface area contributed by atoms with Crippen molar-refractivity contribution in [1.29, 1.82) is 0 Å². The van der Waals surface area contributed by atoms with Crippen LogP contribution in [-0.4, -0.2) is 19.7 Å². The van der Waals surface area contributed by atoms with Crippen molar-refractivity contribution >= 4 is 11.0 Å². The van der Waals surface area contributed by atoms with Crippen molar-refractivity contribution in [1.82, 2.24) is 19.7 Å². The number of aromatic nitrogens is 4. The Hall–Kier alpha value is -2.70. The summed E-state index contributed by atoms with van der Waals surface area (Å²) >= 11 is 0. The maximum absolute atomic E-state index is 12.1. The Balaban J connectivity index is 1.61. The Morgan fingerprint density at radius 3 is 2.85 bits per heavy atom. The van der Waals surface area contributed by atoms with E-state index in [0.29, 0.717) is 29.3 Å². The molecule has 2 aromatic heterocycles. The van der Waals surface area contributed by atoms with Gasteiger partial charge in [-0.05, 0) is 37.0 Å². The highest BCUT2D eigenvalue weighted by molar-refractivity contribution is 5.80. The fourth-order valence-corrected chi connectivity index (χ4v) is 3.96. The third kappa shape index (κ3) is 3.59. The van der Waals surface area contributed by atoms with Crippen LogP contribution in [0.25, 0.3) is 22.4 Å². The first kappa shape index (κ1) is 17.7. The largest absolute Gasteiger partial charge is 0.339 e. The number of rotatable bonds is 6. The van der Waals surface area contributed by atoms with E-state index < -0.39 is 11.1 Å². The maximum atomic E-state index is 12.1. The molecule has 7 heteroatoms. The molecule has 0 bridgehead atoms. The molecule has 4 rings (SSSR count). The molecule has 0 atom stereocenters. The predicted molar refractivity (Wildman–Crippen MR) is 103 cm³/mol. The van der Waals surface area contributed by atoms with E-state index in [9.17, 15) is 9.59 Å². The smallest absolute Gasteiger partial charge is 0.316 e. The summed E-state index contributed by atoms with van der Waals surface area (Å²) in [6, 6.07) is 5.48. The number of nitrogens with one attached hydrogen (secondary N) is 1. The van der Waals surface area contributed by atoms with Crippen molar-refractivity contribution in [2.75, 3.05) is 0 Å². The van der Waals surface area contributed by atoms with E-state index in [2.05, 4.69) is 15.1 Å². The molecule has 0 radical (unpaired) electrons. The van der Waals surface area contributed by atoms with Crippen molar-refractivity contribution in [2.45, 2.75) is 58.4 Å². The van der Waals surface area contributed by atoms with Crippen molar-refractivity contribution in [2.24, 2.45) is 5.92 Å². The highest BCUT2D eigenvalue weighted by Gasteiger charge is 2.17. The van der Waals surface area contributed by atoms with Gasteiger partial charge in [0, 0.05) is 18.5 Å². The lowest BCUT2D eigenvalue weighted by atomic mass is 10.0. The monoisotopic (exact) mass is 368 g/mol. The van der Waals surface area contributed by atoms with Gasteiger partial charge < -0.3 is 14.1 Å². The molecule has 2 heterocycles. The molecule has 0 spiro atoms. The summed E-state index contributed by atoms with van der Waals surface area (Å²) in [4.78, 5) is 31.2. The number of benzene rings is 1. The quantitative estimate of drug-likeness (QED) is 0.674. The number of aromatic amines is 1. The summed E-state index contributed by atoms with van der Waals surface area (Å²) in [6.07, 6.45) is 7.94. The first-order chi connectivity index (χ1) is 13.2. The molecule has 0 unspecified atom stereocenters. The molecule has 0 amide bonds. The molecule has 1 N–H and O–H groups in total. The van der Waals surface area contributed by atoms with E-state index in [0.717, 1.165) is 30.7 Å².